The quantitative estimate of drug-likeness (QED) is 0.863. The van der Waals surface area contributed by atoms with E-state index in [0.717, 1.165) is 0 Å². The van der Waals surface area contributed by atoms with Crippen LogP contribution in [0.15, 0.2) is 30.3 Å². The number of halogens is 1. The van der Waals surface area contributed by atoms with Crippen LogP contribution in [0, 0.1) is 11.8 Å². The fourth-order valence-electron chi connectivity index (χ4n) is 2.21. The molecule has 0 aromatic heterocycles. The normalized spacial score (nSPS) is 33.7. The fraction of sp³-hybridized carbons (Fsp3) is 0.533. The predicted octanol–water partition coefficient (Wildman–Crippen LogP) is 2.17. The number of esters is 1. The van der Waals surface area contributed by atoms with Gasteiger partial charge in [-0.1, -0.05) is 32.0 Å². The average Bonchev–Trinajstić information content (AvgIpc) is 2.48. The Morgan fingerprint density at radius 3 is 2.60 bits per heavy atom. The van der Waals surface area contributed by atoms with E-state index in [-0.39, 0.29) is 18.4 Å². The highest BCUT2D eigenvalue weighted by Gasteiger charge is 2.41. The Morgan fingerprint density at radius 1 is 1.30 bits per heavy atom. The van der Waals surface area contributed by atoms with E-state index in [9.17, 15) is 14.3 Å². The monoisotopic (exact) mass is 282 g/mol. The van der Waals surface area contributed by atoms with Crippen molar-refractivity contribution in [2.45, 2.75) is 32.4 Å². The van der Waals surface area contributed by atoms with Crippen LogP contribution in [0.25, 0.3) is 0 Å². The van der Waals surface area contributed by atoms with Crippen molar-refractivity contribution < 1.29 is 23.8 Å². The maximum atomic E-state index is 14.1. The Labute approximate surface area is 117 Å². The zero-order valence-corrected chi connectivity index (χ0v) is 11.5. The Hall–Kier alpha value is -1.46. The van der Waals surface area contributed by atoms with E-state index in [1.807, 2.05) is 0 Å². The molecule has 1 aromatic rings. The number of carbonyl (C=O) groups is 1. The molecule has 20 heavy (non-hydrogen) atoms. The number of hydrogen-bond donors (Lipinski definition) is 1. The third kappa shape index (κ3) is 3.16. The minimum atomic E-state index is -1.27. The molecule has 4 nitrogen and oxygen atoms in total. The number of aliphatic hydroxyl groups excluding tert-OH is 1. The SMILES string of the molecule is CC1C(O)OC(COC(=O)c2ccccc2)C(F)C1C. The summed E-state index contributed by atoms with van der Waals surface area (Å²) in [5.74, 6) is -1.16. The standard InChI is InChI=1S/C15H19FO4/c1-9-10(2)14(17)20-12(13(9)16)8-19-15(18)11-6-4-3-5-7-11/h3-7,9-10,12-14,17H,8H2,1-2H3. The van der Waals surface area contributed by atoms with Crippen LogP contribution in [0.3, 0.4) is 0 Å². The van der Waals surface area contributed by atoms with Crippen LogP contribution in [0.2, 0.25) is 0 Å². The van der Waals surface area contributed by atoms with Crippen molar-refractivity contribution in [3.05, 3.63) is 35.9 Å². The summed E-state index contributed by atoms with van der Waals surface area (Å²) in [5.41, 5.74) is 0.403. The molecule has 1 aromatic carbocycles. The van der Waals surface area contributed by atoms with E-state index in [0.29, 0.717) is 5.56 Å². The van der Waals surface area contributed by atoms with Gasteiger partial charge in [0.15, 0.2) is 6.29 Å². The first-order valence-electron chi connectivity index (χ1n) is 6.70. The number of ether oxygens (including phenoxy) is 2. The molecule has 1 aliphatic heterocycles. The lowest BCUT2D eigenvalue weighted by Crippen LogP contribution is -2.49. The van der Waals surface area contributed by atoms with Gasteiger partial charge in [0.05, 0.1) is 5.56 Å². The largest absolute Gasteiger partial charge is 0.459 e. The zero-order valence-electron chi connectivity index (χ0n) is 11.5. The molecule has 1 N–H and O–H groups in total. The molecule has 0 bridgehead atoms. The molecule has 1 fully saturated rings. The molecule has 1 heterocycles. The van der Waals surface area contributed by atoms with Crippen LogP contribution >= 0.6 is 0 Å². The average molecular weight is 282 g/mol. The zero-order chi connectivity index (χ0) is 14.7. The van der Waals surface area contributed by atoms with Crippen LogP contribution in [0.5, 0.6) is 0 Å². The molecule has 5 atom stereocenters. The third-order valence-electron chi connectivity index (χ3n) is 3.84. The van der Waals surface area contributed by atoms with Crippen molar-refractivity contribution in [3.8, 4) is 0 Å². The number of aliphatic hydroxyl groups is 1. The van der Waals surface area contributed by atoms with Gasteiger partial charge >= 0.3 is 5.97 Å². The predicted molar refractivity (Wildman–Crippen MR) is 70.8 cm³/mol. The van der Waals surface area contributed by atoms with E-state index in [2.05, 4.69) is 0 Å². The van der Waals surface area contributed by atoms with E-state index >= 15 is 0 Å². The molecule has 1 aliphatic rings. The number of alkyl halides is 1. The summed E-state index contributed by atoms with van der Waals surface area (Å²) in [7, 11) is 0. The minimum absolute atomic E-state index is 0.205. The van der Waals surface area contributed by atoms with Gasteiger partial charge in [-0.2, -0.15) is 0 Å². The molecule has 0 spiro atoms. The van der Waals surface area contributed by atoms with Crippen LogP contribution in [-0.4, -0.2) is 36.2 Å². The van der Waals surface area contributed by atoms with E-state index in [4.69, 9.17) is 9.47 Å². The first-order valence-corrected chi connectivity index (χ1v) is 6.70. The number of hydrogen-bond acceptors (Lipinski definition) is 4. The van der Waals surface area contributed by atoms with Crippen molar-refractivity contribution in [3.63, 3.8) is 0 Å². The van der Waals surface area contributed by atoms with Gasteiger partial charge < -0.3 is 14.6 Å². The molecule has 0 amide bonds. The van der Waals surface area contributed by atoms with Crippen LogP contribution in [-0.2, 0) is 9.47 Å². The summed E-state index contributed by atoms with van der Waals surface area (Å²) in [4.78, 5) is 11.8. The number of rotatable bonds is 3. The molecule has 5 unspecified atom stereocenters. The summed E-state index contributed by atoms with van der Waals surface area (Å²) in [6.07, 6.45) is -3.22. The second-order valence-electron chi connectivity index (χ2n) is 5.19. The Bertz CT molecular complexity index is 450. The topological polar surface area (TPSA) is 55.8 Å². The summed E-state index contributed by atoms with van der Waals surface area (Å²) < 4.78 is 24.3. The summed E-state index contributed by atoms with van der Waals surface area (Å²) in [6, 6.07) is 8.48. The van der Waals surface area contributed by atoms with Gasteiger partial charge in [-0.15, -0.1) is 0 Å². The maximum Gasteiger partial charge on any atom is 0.338 e. The molecule has 2 rings (SSSR count). The highest BCUT2D eigenvalue weighted by atomic mass is 19.1. The number of carbonyl (C=O) groups excluding carboxylic acids is 1. The second kappa shape index (κ2) is 6.33. The molecule has 0 saturated carbocycles. The number of benzene rings is 1. The molecule has 0 radical (unpaired) electrons. The summed E-state index contributed by atoms with van der Waals surface area (Å²) >= 11 is 0. The van der Waals surface area contributed by atoms with Gasteiger partial charge in [0.2, 0.25) is 0 Å². The Kier molecular flexibility index (Phi) is 4.73. The van der Waals surface area contributed by atoms with Crippen molar-refractivity contribution in [2.75, 3.05) is 6.61 Å². The molecule has 110 valence electrons. The van der Waals surface area contributed by atoms with Crippen molar-refractivity contribution in [2.24, 2.45) is 11.8 Å². The maximum absolute atomic E-state index is 14.1. The second-order valence-corrected chi connectivity index (χ2v) is 5.19. The Morgan fingerprint density at radius 2 is 1.95 bits per heavy atom. The first kappa shape index (κ1) is 14.9. The van der Waals surface area contributed by atoms with Crippen LogP contribution in [0.1, 0.15) is 24.2 Å². The van der Waals surface area contributed by atoms with Crippen molar-refractivity contribution in [1.82, 2.24) is 0 Å². The fourth-order valence-corrected chi connectivity index (χ4v) is 2.21. The van der Waals surface area contributed by atoms with Crippen LogP contribution < -0.4 is 0 Å². The van der Waals surface area contributed by atoms with Gasteiger partial charge in [0, 0.05) is 5.92 Å². The molecule has 0 aliphatic carbocycles. The lowest BCUT2D eigenvalue weighted by Gasteiger charge is -2.38. The van der Waals surface area contributed by atoms with Gasteiger partial charge in [-0.25, -0.2) is 9.18 Å². The molecular weight excluding hydrogens is 263 g/mol. The molecular formula is C15H19FO4. The van der Waals surface area contributed by atoms with Gasteiger partial charge in [-0.05, 0) is 18.1 Å². The van der Waals surface area contributed by atoms with Gasteiger partial charge in [-0.3, -0.25) is 0 Å². The minimum Gasteiger partial charge on any atom is -0.459 e. The van der Waals surface area contributed by atoms with Crippen molar-refractivity contribution >= 4 is 5.97 Å². The van der Waals surface area contributed by atoms with Crippen molar-refractivity contribution in [1.29, 1.82) is 0 Å². The first-order chi connectivity index (χ1) is 9.50. The third-order valence-corrected chi connectivity index (χ3v) is 3.84. The van der Waals surface area contributed by atoms with Gasteiger partial charge in [0.1, 0.15) is 18.9 Å². The highest BCUT2D eigenvalue weighted by molar-refractivity contribution is 5.89. The highest BCUT2D eigenvalue weighted by Crippen LogP contribution is 2.31. The molecule has 1 saturated heterocycles. The van der Waals surface area contributed by atoms with Crippen LogP contribution in [0.4, 0.5) is 4.39 Å². The lowest BCUT2D eigenvalue weighted by molar-refractivity contribution is -0.236. The molecule has 5 heteroatoms. The van der Waals surface area contributed by atoms with Gasteiger partial charge in [0.25, 0.3) is 0 Å². The summed E-state index contributed by atoms with van der Waals surface area (Å²) in [6.45, 7) is 3.24. The summed E-state index contributed by atoms with van der Waals surface area (Å²) in [5, 5.41) is 9.69. The van der Waals surface area contributed by atoms with E-state index in [1.165, 1.54) is 0 Å². The lowest BCUT2D eigenvalue weighted by atomic mass is 9.86. The smallest absolute Gasteiger partial charge is 0.338 e. The van der Waals surface area contributed by atoms with E-state index < -0.39 is 24.5 Å². The van der Waals surface area contributed by atoms with E-state index in [1.54, 1.807) is 44.2 Å². The Balaban J connectivity index is 1.92.